The Labute approximate surface area is 144 Å². The van der Waals surface area contributed by atoms with E-state index in [2.05, 4.69) is 16.9 Å². The maximum Gasteiger partial charge on any atom is 0.270 e. The highest BCUT2D eigenvalue weighted by Crippen LogP contribution is 2.62. The smallest absolute Gasteiger partial charge is 0.270 e. The maximum absolute atomic E-state index is 14.2. The van der Waals surface area contributed by atoms with Crippen molar-refractivity contribution < 1.29 is 13.5 Å². The fraction of sp³-hybridized carbons (Fsp3) is 0.579. The van der Waals surface area contributed by atoms with Crippen molar-refractivity contribution in [1.82, 2.24) is 9.97 Å². The first-order chi connectivity index (χ1) is 11.9. The van der Waals surface area contributed by atoms with Gasteiger partial charge in [-0.05, 0) is 36.8 Å². The van der Waals surface area contributed by atoms with E-state index in [9.17, 15) is 13.6 Å². The number of rotatable bonds is 6. The number of fused-ring (bicyclic) bond motifs is 1. The molecule has 0 bridgehead atoms. The van der Waals surface area contributed by atoms with Crippen LogP contribution in [0.1, 0.15) is 44.2 Å². The van der Waals surface area contributed by atoms with E-state index in [0.29, 0.717) is 29.1 Å². The number of methoxy groups -OCH3 is 1. The zero-order valence-corrected chi connectivity index (χ0v) is 14.4. The topological polar surface area (TPSA) is 55.0 Å². The van der Waals surface area contributed by atoms with E-state index in [4.69, 9.17) is 4.74 Å². The van der Waals surface area contributed by atoms with Crippen LogP contribution < -0.4 is 10.3 Å². The van der Waals surface area contributed by atoms with Gasteiger partial charge in [0.05, 0.1) is 24.1 Å². The normalized spacial score (nSPS) is 29.6. The van der Waals surface area contributed by atoms with E-state index in [0.717, 1.165) is 18.8 Å². The van der Waals surface area contributed by atoms with Crippen molar-refractivity contribution in [2.75, 3.05) is 7.11 Å². The summed E-state index contributed by atoms with van der Waals surface area (Å²) < 4.78 is 33.6. The first-order valence-corrected chi connectivity index (χ1v) is 8.87. The van der Waals surface area contributed by atoms with Crippen molar-refractivity contribution in [2.45, 2.75) is 44.4 Å². The molecule has 0 spiro atoms. The highest BCUT2D eigenvalue weighted by atomic mass is 19.3. The summed E-state index contributed by atoms with van der Waals surface area (Å²) in [4.78, 5) is 19.2. The Bertz CT molecular complexity index is 864. The van der Waals surface area contributed by atoms with Gasteiger partial charge >= 0.3 is 0 Å². The highest BCUT2D eigenvalue weighted by molar-refractivity contribution is 5.75. The third-order valence-electron chi connectivity index (χ3n) is 5.79. The van der Waals surface area contributed by atoms with Gasteiger partial charge in [-0.3, -0.25) is 4.79 Å². The molecular weight excluding hydrogens is 326 g/mol. The molecule has 1 N–H and O–H groups in total. The van der Waals surface area contributed by atoms with Crippen molar-refractivity contribution >= 4 is 11.0 Å². The molecule has 2 aliphatic rings. The Kier molecular flexibility index (Phi) is 3.81. The Hall–Kier alpha value is -1.98. The van der Waals surface area contributed by atoms with Crippen molar-refractivity contribution in [2.24, 2.45) is 17.8 Å². The van der Waals surface area contributed by atoms with Gasteiger partial charge in [0.25, 0.3) is 11.5 Å². The molecule has 1 aromatic heterocycles. The third-order valence-corrected chi connectivity index (χ3v) is 5.79. The first kappa shape index (κ1) is 16.5. The zero-order chi connectivity index (χ0) is 17.8. The van der Waals surface area contributed by atoms with Crippen LogP contribution in [0.5, 0.6) is 5.75 Å². The number of ether oxygens (including phenoxy) is 1. The van der Waals surface area contributed by atoms with Gasteiger partial charge < -0.3 is 9.72 Å². The molecule has 1 aromatic carbocycles. The summed E-state index contributed by atoms with van der Waals surface area (Å²) >= 11 is 0. The molecule has 0 aliphatic heterocycles. The summed E-state index contributed by atoms with van der Waals surface area (Å²) in [5.74, 6) is -2.60. The van der Waals surface area contributed by atoms with Gasteiger partial charge in [-0.15, -0.1) is 0 Å². The summed E-state index contributed by atoms with van der Waals surface area (Å²) in [6.07, 6.45) is 3.50. The quantitative estimate of drug-likeness (QED) is 0.855. The Morgan fingerprint density at radius 3 is 2.80 bits per heavy atom. The minimum atomic E-state index is -2.82. The van der Waals surface area contributed by atoms with Crippen LogP contribution in [0.3, 0.4) is 0 Å². The number of aromatic nitrogens is 2. The molecule has 2 unspecified atom stereocenters. The van der Waals surface area contributed by atoms with Crippen LogP contribution >= 0.6 is 0 Å². The molecule has 2 aromatic rings. The Balaban J connectivity index is 1.54. The third kappa shape index (κ3) is 2.92. The summed E-state index contributed by atoms with van der Waals surface area (Å²) in [6, 6.07) is 5.03. The van der Waals surface area contributed by atoms with Crippen LogP contribution in [0.15, 0.2) is 23.0 Å². The number of benzene rings is 1. The van der Waals surface area contributed by atoms with Gasteiger partial charge in [0.1, 0.15) is 11.4 Å². The molecule has 0 radical (unpaired) electrons. The lowest BCUT2D eigenvalue weighted by molar-refractivity contribution is 0.0905. The van der Waals surface area contributed by atoms with Crippen LogP contribution in [0.4, 0.5) is 8.78 Å². The SMILES string of the molecule is COc1ccc2nc([C@H]3C(CCC[C@@H]4CC4C)C3(F)F)c(=O)[nH]c2c1. The minimum Gasteiger partial charge on any atom is -0.497 e. The van der Waals surface area contributed by atoms with E-state index in [1.807, 2.05) is 0 Å². The van der Waals surface area contributed by atoms with Gasteiger partial charge in [-0.1, -0.05) is 19.8 Å². The Morgan fingerprint density at radius 2 is 2.12 bits per heavy atom. The van der Waals surface area contributed by atoms with Gasteiger partial charge in [-0.2, -0.15) is 0 Å². The summed E-state index contributed by atoms with van der Waals surface area (Å²) in [5.41, 5.74) is 0.441. The van der Waals surface area contributed by atoms with E-state index in [1.165, 1.54) is 13.5 Å². The van der Waals surface area contributed by atoms with Gasteiger partial charge in [0, 0.05) is 12.0 Å². The number of nitrogens with one attached hydrogen (secondary N) is 1. The van der Waals surface area contributed by atoms with Crippen molar-refractivity contribution in [3.8, 4) is 5.75 Å². The molecular formula is C19H22F2N2O2. The lowest BCUT2D eigenvalue weighted by Crippen LogP contribution is -2.16. The molecule has 2 aliphatic carbocycles. The van der Waals surface area contributed by atoms with E-state index in [1.54, 1.807) is 18.2 Å². The monoisotopic (exact) mass is 348 g/mol. The summed E-state index contributed by atoms with van der Waals surface area (Å²) in [5, 5.41) is 0. The largest absolute Gasteiger partial charge is 0.497 e. The van der Waals surface area contributed by atoms with Crippen molar-refractivity contribution in [3.05, 3.63) is 34.2 Å². The second-order valence-electron chi connectivity index (χ2n) is 7.50. The number of halogens is 2. The molecule has 2 fully saturated rings. The number of aromatic amines is 1. The van der Waals surface area contributed by atoms with E-state index >= 15 is 0 Å². The molecule has 0 saturated heterocycles. The van der Waals surface area contributed by atoms with Crippen LogP contribution in [-0.2, 0) is 0 Å². The van der Waals surface area contributed by atoms with Crippen LogP contribution in [0.2, 0.25) is 0 Å². The fourth-order valence-corrected chi connectivity index (χ4v) is 3.94. The van der Waals surface area contributed by atoms with Gasteiger partial charge in [-0.25, -0.2) is 13.8 Å². The number of alkyl halides is 2. The summed E-state index contributed by atoms with van der Waals surface area (Å²) in [7, 11) is 1.53. The minimum absolute atomic E-state index is 0.0348. The maximum atomic E-state index is 14.2. The molecule has 4 nitrogen and oxygen atoms in total. The molecule has 2 saturated carbocycles. The van der Waals surface area contributed by atoms with Crippen LogP contribution in [-0.4, -0.2) is 23.0 Å². The first-order valence-electron chi connectivity index (χ1n) is 8.87. The van der Waals surface area contributed by atoms with E-state index in [-0.39, 0.29) is 5.69 Å². The molecule has 4 atom stereocenters. The van der Waals surface area contributed by atoms with E-state index < -0.39 is 23.3 Å². The molecule has 4 rings (SSSR count). The standard InChI is InChI=1S/C19H22F2N2O2/c1-10-8-11(10)4-3-5-13-16(19(13,20)21)17-18(24)23-15-9-12(25-2)6-7-14(15)22-17/h6-7,9-11,13,16H,3-5,8H2,1-2H3,(H,23,24)/t10?,11-,13?,16-/m1/s1. The Morgan fingerprint density at radius 1 is 1.36 bits per heavy atom. The lowest BCUT2D eigenvalue weighted by Gasteiger charge is -2.04. The molecule has 134 valence electrons. The van der Waals surface area contributed by atoms with Gasteiger partial charge in [0.15, 0.2) is 0 Å². The van der Waals surface area contributed by atoms with Crippen molar-refractivity contribution in [3.63, 3.8) is 0 Å². The van der Waals surface area contributed by atoms with Crippen molar-refractivity contribution in [1.29, 1.82) is 0 Å². The van der Waals surface area contributed by atoms with Crippen LogP contribution in [0.25, 0.3) is 11.0 Å². The second kappa shape index (κ2) is 5.78. The average Bonchev–Trinajstić information content (AvgIpc) is 3.42. The highest BCUT2D eigenvalue weighted by Gasteiger charge is 2.69. The predicted molar refractivity (Wildman–Crippen MR) is 91.2 cm³/mol. The molecule has 25 heavy (non-hydrogen) atoms. The molecule has 6 heteroatoms. The summed E-state index contributed by atoms with van der Waals surface area (Å²) in [6.45, 7) is 2.20. The van der Waals surface area contributed by atoms with Gasteiger partial charge in [0.2, 0.25) is 0 Å². The fourth-order valence-electron chi connectivity index (χ4n) is 3.94. The average molecular weight is 348 g/mol. The zero-order valence-electron chi connectivity index (χ0n) is 14.4. The lowest BCUT2D eigenvalue weighted by atomic mass is 10.1. The number of hydrogen-bond donors (Lipinski definition) is 1. The predicted octanol–water partition coefficient (Wildman–Crippen LogP) is 4.11. The number of nitrogens with zero attached hydrogens (tertiary/aromatic N) is 1. The number of H-pyrrole nitrogens is 1. The van der Waals surface area contributed by atoms with Crippen LogP contribution in [0, 0.1) is 17.8 Å². The second-order valence-corrected chi connectivity index (χ2v) is 7.50. The number of hydrogen-bond acceptors (Lipinski definition) is 3. The molecule has 0 amide bonds. The molecule has 1 heterocycles.